The van der Waals surface area contributed by atoms with Gasteiger partial charge in [0.05, 0.1) is 27.4 Å². The van der Waals surface area contributed by atoms with E-state index in [0.29, 0.717) is 11.2 Å². The predicted octanol–water partition coefficient (Wildman–Crippen LogP) is 5.01. The molecule has 3 atom stereocenters. The molecule has 0 saturated heterocycles. The number of hydrogen-bond acceptors (Lipinski definition) is 7. The molecule has 0 aliphatic heterocycles. The third-order valence-electron chi connectivity index (χ3n) is 3.93. The van der Waals surface area contributed by atoms with Gasteiger partial charge in [-0.15, -0.1) is 0 Å². The number of hydrogen-bond donors (Lipinski definition) is 1. The fraction of sp³-hybridized carbons (Fsp3) is 0.250. The van der Waals surface area contributed by atoms with Crippen molar-refractivity contribution in [2.24, 2.45) is 5.16 Å². The van der Waals surface area contributed by atoms with E-state index in [1.165, 1.54) is 43.5 Å². The average molecular weight is 527 g/mol. The number of ether oxygens (including phenoxy) is 2. The first kappa shape index (κ1) is 26.2. The molecule has 2 aromatic rings. The topological polar surface area (TPSA) is 94.4 Å². The van der Waals surface area contributed by atoms with Crippen LogP contribution in [0.5, 0.6) is 0 Å². The van der Waals surface area contributed by atoms with E-state index in [9.17, 15) is 19.1 Å². The molecule has 2 rings (SSSR count). The predicted molar refractivity (Wildman–Crippen MR) is 119 cm³/mol. The van der Waals surface area contributed by atoms with Gasteiger partial charge in [-0.1, -0.05) is 51.6 Å². The molecule has 0 radical (unpaired) electrons. The highest BCUT2D eigenvalue weighted by Gasteiger charge is 2.33. The fourth-order valence-corrected chi connectivity index (χ4v) is 3.36. The maximum absolute atomic E-state index is 14.6. The Hall–Kier alpha value is -2.10. The number of esters is 2. The number of halogens is 5. The summed E-state index contributed by atoms with van der Waals surface area (Å²) in [6.45, 7) is -0.731. The van der Waals surface area contributed by atoms with Crippen molar-refractivity contribution < 1.29 is 33.4 Å². The summed E-state index contributed by atoms with van der Waals surface area (Å²) < 4.78 is 24.7. The molecule has 0 bridgehead atoms. The van der Waals surface area contributed by atoms with Gasteiger partial charge in [0.25, 0.3) is 0 Å². The van der Waals surface area contributed by atoms with Crippen LogP contribution in [-0.2, 0) is 14.3 Å². The molecular weight excluding hydrogens is 511 g/mol. The van der Waals surface area contributed by atoms with E-state index < -0.39 is 36.9 Å². The second-order valence-corrected chi connectivity index (χ2v) is 7.85. The molecule has 0 amide bonds. The molecule has 0 aliphatic carbocycles. The lowest BCUT2D eigenvalue weighted by Gasteiger charge is -2.24. The standard InChI is InChI=1S/C20H16Cl4FNO6/c1-30-26-8-16(25)18(32-20(29)13-5-3-11(22)7-15(13)24)17(27)9-31-19(28)12-4-2-10(21)6-14(12)23/h2-8,16-18,27H,9H2,1H3/b26-8-/t16-,17-,18+/m1/s1. The van der Waals surface area contributed by atoms with Gasteiger partial charge in [-0.25, -0.2) is 14.0 Å². The van der Waals surface area contributed by atoms with Crippen molar-refractivity contribution in [2.75, 3.05) is 13.7 Å². The largest absolute Gasteiger partial charge is 0.459 e. The van der Waals surface area contributed by atoms with Crippen LogP contribution in [0.4, 0.5) is 4.39 Å². The van der Waals surface area contributed by atoms with E-state index in [2.05, 4.69) is 9.99 Å². The lowest BCUT2D eigenvalue weighted by Crippen LogP contribution is -2.43. The summed E-state index contributed by atoms with van der Waals surface area (Å²) in [4.78, 5) is 29.1. The van der Waals surface area contributed by atoms with Crippen LogP contribution in [-0.4, -0.2) is 55.4 Å². The molecule has 0 fully saturated rings. The minimum Gasteiger partial charge on any atom is -0.459 e. The van der Waals surface area contributed by atoms with E-state index in [1.54, 1.807) is 0 Å². The number of aliphatic hydroxyl groups is 1. The highest BCUT2D eigenvalue weighted by atomic mass is 35.5. The first-order valence-corrected chi connectivity index (χ1v) is 10.3. The molecule has 0 saturated carbocycles. The number of benzene rings is 2. The number of carbonyl (C=O) groups is 2. The van der Waals surface area contributed by atoms with Gasteiger partial charge in [-0.2, -0.15) is 0 Å². The van der Waals surface area contributed by atoms with E-state index in [-0.39, 0.29) is 26.2 Å². The van der Waals surface area contributed by atoms with Crippen molar-refractivity contribution >= 4 is 64.6 Å². The first-order chi connectivity index (χ1) is 15.1. The molecule has 0 heterocycles. The quantitative estimate of drug-likeness (QED) is 0.280. The van der Waals surface area contributed by atoms with Crippen molar-refractivity contribution in [2.45, 2.75) is 18.4 Å². The second kappa shape index (κ2) is 12.2. The number of oxime groups is 1. The van der Waals surface area contributed by atoms with Gasteiger partial charge in [0.15, 0.2) is 12.3 Å². The van der Waals surface area contributed by atoms with Crippen molar-refractivity contribution in [1.29, 1.82) is 0 Å². The minimum absolute atomic E-state index is 0.0212. The maximum atomic E-state index is 14.6. The Morgan fingerprint density at radius 1 is 1.03 bits per heavy atom. The number of alkyl halides is 1. The van der Waals surface area contributed by atoms with Crippen molar-refractivity contribution in [1.82, 2.24) is 0 Å². The lowest BCUT2D eigenvalue weighted by molar-refractivity contribution is -0.0594. The third kappa shape index (κ3) is 7.21. The maximum Gasteiger partial charge on any atom is 0.340 e. The highest BCUT2D eigenvalue weighted by Crippen LogP contribution is 2.24. The Balaban J connectivity index is 2.15. The number of nitrogens with zero attached hydrogens (tertiary/aromatic N) is 1. The van der Waals surface area contributed by atoms with E-state index in [1.807, 2.05) is 0 Å². The first-order valence-electron chi connectivity index (χ1n) is 8.81. The molecule has 32 heavy (non-hydrogen) atoms. The second-order valence-electron chi connectivity index (χ2n) is 6.17. The van der Waals surface area contributed by atoms with Gasteiger partial charge in [0.2, 0.25) is 0 Å². The summed E-state index contributed by atoms with van der Waals surface area (Å²) in [5.41, 5.74) is -0.142. The smallest absolute Gasteiger partial charge is 0.340 e. The molecule has 0 aliphatic rings. The summed E-state index contributed by atoms with van der Waals surface area (Å²) in [6.07, 6.45) is -5.04. The number of rotatable bonds is 9. The van der Waals surface area contributed by atoms with Gasteiger partial charge in [-0.05, 0) is 36.4 Å². The zero-order valence-corrected chi connectivity index (χ0v) is 19.3. The van der Waals surface area contributed by atoms with Crippen LogP contribution >= 0.6 is 46.4 Å². The van der Waals surface area contributed by atoms with Crippen LogP contribution in [0.1, 0.15) is 20.7 Å². The third-order valence-corrected chi connectivity index (χ3v) is 5.03. The monoisotopic (exact) mass is 525 g/mol. The number of carbonyl (C=O) groups excluding carboxylic acids is 2. The zero-order chi connectivity index (χ0) is 23.8. The normalized spacial score (nSPS) is 14.0. The van der Waals surface area contributed by atoms with Gasteiger partial charge in [0, 0.05) is 10.0 Å². The Labute approximate surface area is 202 Å². The van der Waals surface area contributed by atoms with Crippen molar-refractivity contribution in [3.63, 3.8) is 0 Å². The summed E-state index contributed by atoms with van der Waals surface area (Å²) in [5.74, 6) is -1.95. The molecule has 12 heteroatoms. The zero-order valence-electron chi connectivity index (χ0n) is 16.3. The molecule has 0 unspecified atom stereocenters. The van der Waals surface area contributed by atoms with Crippen LogP contribution < -0.4 is 0 Å². The average Bonchev–Trinajstić information content (AvgIpc) is 2.73. The lowest BCUT2D eigenvalue weighted by atomic mass is 10.1. The van der Waals surface area contributed by atoms with E-state index >= 15 is 0 Å². The molecule has 0 aromatic heterocycles. The van der Waals surface area contributed by atoms with Crippen LogP contribution in [0.25, 0.3) is 0 Å². The summed E-state index contributed by atoms with van der Waals surface area (Å²) in [6, 6.07) is 8.02. The summed E-state index contributed by atoms with van der Waals surface area (Å²) in [7, 11) is 1.17. The molecule has 2 aromatic carbocycles. The van der Waals surface area contributed by atoms with Crippen LogP contribution in [0, 0.1) is 0 Å². The van der Waals surface area contributed by atoms with Gasteiger partial charge >= 0.3 is 11.9 Å². The molecule has 172 valence electrons. The fourth-order valence-electron chi connectivity index (χ4n) is 2.39. The van der Waals surface area contributed by atoms with Crippen LogP contribution in [0.3, 0.4) is 0 Å². The molecule has 1 N–H and O–H groups in total. The molecule has 0 spiro atoms. The number of aliphatic hydroxyl groups excluding tert-OH is 1. The van der Waals surface area contributed by atoms with Crippen molar-refractivity contribution in [3.8, 4) is 0 Å². The molecule has 7 nitrogen and oxygen atoms in total. The molecular formula is C20H16Cl4FNO6. The summed E-state index contributed by atoms with van der Waals surface area (Å²) >= 11 is 23.5. The van der Waals surface area contributed by atoms with Gasteiger partial charge in [-0.3, -0.25) is 0 Å². The van der Waals surface area contributed by atoms with Crippen molar-refractivity contribution in [3.05, 3.63) is 67.6 Å². The van der Waals surface area contributed by atoms with Gasteiger partial charge < -0.3 is 19.4 Å². The van der Waals surface area contributed by atoms with E-state index in [4.69, 9.17) is 55.9 Å². The Bertz CT molecular complexity index is 1010. The van der Waals surface area contributed by atoms with Crippen LogP contribution in [0.2, 0.25) is 20.1 Å². The van der Waals surface area contributed by atoms with Crippen LogP contribution in [0.15, 0.2) is 41.6 Å². The Morgan fingerprint density at radius 3 is 2.06 bits per heavy atom. The highest BCUT2D eigenvalue weighted by molar-refractivity contribution is 6.37. The Morgan fingerprint density at radius 2 is 1.56 bits per heavy atom. The Kier molecular flexibility index (Phi) is 9.99. The van der Waals surface area contributed by atoms with E-state index in [0.717, 1.165) is 0 Å². The minimum atomic E-state index is -2.11. The summed E-state index contributed by atoms with van der Waals surface area (Å²) in [5, 5.41) is 14.2. The van der Waals surface area contributed by atoms with Gasteiger partial charge in [0.1, 0.15) is 19.8 Å². The SMILES string of the molecule is CO/N=C\[C@@H](F)[C@H](OC(=O)c1ccc(Cl)cc1Cl)[C@H](O)COC(=O)c1ccc(Cl)cc1Cl.